The molecule has 5 nitrogen and oxygen atoms in total. The fourth-order valence-corrected chi connectivity index (χ4v) is 4.40. The van der Waals surface area contributed by atoms with Crippen molar-refractivity contribution < 1.29 is 9.53 Å². The molecule has 2 aliphatic heterocycles. The molecule has 5 rings (SSSR count). The highest BCUT2D eigenvalue weighted by molar-refractivity contribution is 5.95. The molecule has 124 valence electrons. The van der Waals surface area contributed by atoms with Crippen LogP contribution in [-0.4, -0.2) is 45.9 Å². The van der Waals surface area contributed by atoms with Crippen LogP contribution in [0.4, 0.5) is 0 Å². The summed E-state index contributed by atoms with van der Waals surface area (Å²) in [6.45, 7) is 3.43. The molecule has 2 fully saturated rings. The number of para-hydroxylation sites is 1. The predicted molar refractivity (Wildman–Crippen MR) is 89.5 cm³/mol. The van der Waals surface area contributed by atoms with Gasteiger partial charge in [-0.05, 0) is 44.2 Å². The summed E-state index contributed by atoms with van der Waals surface area (Å²) in [6, 6.07) is 8.74. The minimum atomic E-state index is 0.102. The van der Waals surface area contributed by atoms with E-state index in [1.165, 1.54) is 11.3 Å². The van der Waals surface area contributed by atoms with Crippen molar-refractivity contribution in [2.75, 3.05) is 13.2 Å². The Morgan fingerprint density at radius 3 is 2.75 bits per heavy atom. The van der Waals surface area contributed by atoms with Crippen molar-refractivity contribution >= 4 is 5.91 Å². The molecule has 1 aliphatic carbocycles. The number of carbonyl (C=O) groups is 1. The first-order chi connectivity index (χ1) is 11.7. The number of ether oxygens (including phenoxy) is 1. The van der Waals surface area contributed by atoms with Crippen LogP contribution < -0.4 is 0 Å². The summed E-state index contributed by atoms with van der Waals surface area (Å²) < 4.78 is 7.52. The first kappa shape index (κ1) is 14.2. The number of carbonyl (C=O) groups excluding carboxylic acids is 1. The minimum Gasteiger partial charge on any atom is -0.377 e. The summed E-state index contributed by atoms with van der Waals surface area (Å²) in [4.78, 5) is 15.1. The molecule has 1 aromatic heterocycles. The molecule has 2 atom stereocenters. The smallest absolute Gasteiger partial charge is 0.275 e. The van der Waals surface area contributed by atoms with Crippen molar-refractivity contribution in [2.24, 2.45) is 0 Å². The van der Waals surface area contributed by atoms with E-state index >= 15 is 0 Å². The van der Waals surface area contributed by atoms with E-state index in [1.807, 2.05) is 21.7 Å². The van der Waals surface area contributed by atoms with Crippen LogP contribution in [-0.2, 0) is 17.6 Å². The highest BCUT2D eigenvalue weighted by Crippen LogP contribution is 2.35. The lowest BCUT2D eigenvalue weighted by molar-refractivity contribution is -0.104. The Morgan fingerprint density at radius 1 is 1.21 bits per heavy atom. The predicted octanol–water partition coefficient (Wildman–Crippen LogP) is 2.28. The molecule has 2 saturated heterocycles. The van der Waals surface area contributed by atoms with Crippen LogP contribution in [0.15, 0.2) is 24.3 Å². The van der Waals surface area contributed by atoms with Crippen LogP contribution in [0.5, 0.6) is 0 Å². The lowest BCUT2D eigenvalue weighted by Crippen LogP contribution is -2.65. The number of aromatic nitrogens is 2. The Morgan fingerprint density at radius 2 is 2.00 bits per heavy atom. The number of fused-ring (bicyclic) bond motifs is 3. The number of benzene rings is 1. The second-order valence-corrected chi connectivity index (χ2v) is 7.12. The molecule has 0 spiro atoms. The van der Waals surface area contributed by atoms with Crippen LogP contribution >= 0.6 is 0 Å². The van der Waals surface area contributed by atoms with Crippen molar-refractivity contribution in [1.82, 2.24) is 14.7 Å². The summed E-state index contributed by atoms with van der Waals surface area (Å²) in [6.07, 6.45) is 4.14. The second kappa shape index (κ2) is 5.18. The van der Waals surface area contributed by atoms with E-state index in [4.69, 9.17) is 9.84 Å². The maximum Gasteiger partial charge on any atom is 0.275 e. The summed E-state index contributed by atoms with van der Waals surface area (Å²) >= 11 is 0. The number of hydrogen-bond donors (Lipinski definition) is 0. The van der Waals surface area contributed by atoms with E-state index in [2.05, 4.69) is 19.1 Å². The lowest BCUT2D eigenvalue weighted by Gasteiger charge is -2.52. The monoisotopic (exact) mass is 323 g/mol. The van der Waals surface area contributed by atoms with Gasteiger partial charge in [-0.3, -0.25) is 4.79 Å². The van der Waals surface area contributed by atoms with Crippen LogP contribution in [0.2, 0.25) is 0 Å². The highest BCUT2D eigenvalue weighted by atomic mass is 16.5. The molecule has 2 bridgehead atoms. The molecule has 5 heteroatoms. The third-order valence-electron chi connectivity index (χ3n) is 5.66. The van der Waals surface area contributed by atoms with Crippen molar-refractivity contribution in [3.8, 4) is 5.69 Å². The van der Waals surface area contributed by atoms with Gasteiger partial charge in [-0.25, -0.2) is 4.68 Å². The normalized spacial score (nSPS) is 24.6. The summed E-state index contributed by atoms with van der Waals surface area (Å²) in [5.74, 6) is 0.102. The number of rotatable bonds is 2. The Bertz CT molecular complexity index is 812. The average Bonchev–Trinajstić information content (AvgIpc) is 3.18. The third-order valence-corrected chi connectivity index (χ3v) is 5.66. The molecule has 0 saturated carbocycles. The van der Waals surface area contributed by atoms with Gasteiger partial charge in [0, 0.05) is 11.3 Å². The van der Waals surface area contributed by atoms with Crippen LogP contribution in [0.3, 0.4) is 0 Å². The summed E-state index contributed by atoms with van der Waals surface area (Å²) in [5, 5.41) is 4.78. The number of amides is 1. The van der Waals surface area contributed by atoms with Crippen molar-refractivity contribution in [1.29, 1.82) is 0 Å². The number of aryl methyl sites for hydroxylation is 1. The fourth-order valence-electron chi connectivity index (χ4n) is 4.40. The van der Waals surface area contributed by atoms with Gasteiger partial charge in [0.15, 0.2) is 5.69 Å². The first-order valence-electron chi connectivity index (χ1n) is 8.81. The van der Waals surface area contributed by atoms with E-state index in [9.17, 15) is 4.79 Å². The lowest BCUT2D eigenvalue weighted by atomic mass is 9.90. The molecular weight excluding hydrogens is 302 g/mol. The van der Waals surface area contributed by atoms with Crippen molar-refractivity contribution in [3.63, 3.8) is 0 Å². The Hall–Kier alpha value is -2.14. The van der Waals surface area contributed by atoms with Gasteiger partial charge in [0.25, 0.3) is 5.91 Å². The molecule has 1 aromatic carbocycles. The van der Waals surface area contributed by atoms with Gasteiger partial charge >= 0.3 is 0 Å². The molecule has 0 unspecified atom stereocenters. The van der Waals surface area contributed by atoms with Crippen LogP contribution in [0.1, 0.15) is 40.2 Å². The zero-order valence-electron chi connectivity index (χ0n) is 13.9. The molecule has 1 amide bonds. The molecule has 3 heterocycles. The van der Waals surface area contributed by atoms with Gasteiger partial charge in [-0.15, -0.1) is 0 Å². The zero-order chi connectivity index (χ0) is 16.3. The Balaban J connectivity index is 1.57. The van der Waals surface area contributed by atoms with E-state index < -0.39 is 0 Å². The molecule has 3 aliphatic rings. The third kappa shape index (κ3) is 1.91. The molecule has 24 heavy (non-hydrogen) atoms. The van der Waals surface area contributed by atoms with Crippen LogP contribution in [0, 0.1) is 6.92 Å². The summed E-state index contributed by atoms with van der Waals surface area (Å²) in [5.41, 5.74) is 5.32. The topological polar surface area (TPSA) is 47.4 Å². The van der Waals surface area contributed by atoms with Crippen molar-refractivity contribution in [2.45, 2.75) is 44.7 Å². The SMILES string of the molecule is Cc1ccccc1-n1nc(C(=O)N2[C@H]3COC[C@H]2C3)c2c1CCC2. The van der Waals surface area contributed by atoms with E-state index in [0.717, 1.165) is 36.9 Å². The van der Waals surface area contributed by atoms with Gasteiger partial charge in [-0.1, -0.05) is 18.2 Å². The average molecular weight is 323 g/mol. The van der Waals surface area contributed by atoms with E-state index in [-0.39, 0.29) is 18.0 Å². The van der Waals surface area contributed by atoms with E-state index in [0.29, 0.717) is 18.9 Å². The molecular formula is C19H21N3O2. The molecule has 0 N–H and O–H groups in total. The fraction of sp³-hybridized carbons (Fsp3) is 0.474. The number of hydrogen-bond acceptors (Lipinski definition) is 3. The number of nitrogens with zero attached hydrogens (tertiary/aromatic N) is 3. The highest BCUT2D eigenvalue weighted by Gasteiger charge is 2.47. The second-order valence-electron chi connectivity index (χ2n) is 7.12. The Kier molecular flexibility index (Phi) is 3.07. The quantitative estimate of drug-likeness (QED) is 0.852. The zero-order valence-corrected chi connectivity index (χ0v) is 13.9. The maximum atomic E-state index is 13.1. The van der Waals surface area contributed by atoms with Gasteiger partial charge in [0.2, 0.25) is 0 Å². The van der Waals surface area contributed by atoms with Gasteiger partial charge in [0.05, 0.1) is 31.0 Å². The van der Waals surface area contributed by atoms with Crippen LogP contribution in [0.25, 0.3) is 5.69 Å². The first-order valence-corrected chi connectivity index (χ1v) is 8.81. The maximum absolute atomic E-state index is 13.1. The van der Waals surface area contributed by atoms with E-state index in [1.54, 1.807) is 0 Å². The Labute approximate surface area is 141 Å². The molecule has 0 radical (unpaired) electrons. The number of morpholine rings is 1. The minimum absolute atomic E-state index is 0.102. The van der Waals surface area contributed by atoms with Gasteiger partial charge in [-0.2, -0.15) is 5.10 Å². The van der Waals surface area contributed by atoms with Gasteiger partial charge < -0.3 is 9.64 Å². The largest absolute Gasteiger partial charge is 0.377 e. The van der Waals surface area contributed by atoms with Gasteiger partial charge in [0.1, 0.15) is 0 Å². The molecule has 2 aromatic rings. The standard InChI is InChI=1S/C19H21N3O2/c1-12-5-2-3-7-16(12)22-17-8-4-6-15(17)18(20-22)19(23)21-13-9-14(21)11-24-10-13/h2-3,5,7,13-14H,4,6,8-11H2,1H3/t13-,14-/m1/s1. The van der Waals surface area contributed by atoms with Crippen molar-refractivity contribution in [3.05, 3.63) is 46.8 Å². The summed E-state index contributed by atoms with van der Waals surface area (Å²) in [7, 11) is 0.